The van der Waals surface area contributed by atoms with E-state index in [1.165, 1.54) is 19.2 Å². The minimum Gasteiger partial charge on any atom is -0.465 e. The number of carbonyl (C=O) groups is 1. The maximum atomic E-state index is 12.1. The quantitative estimate of drug-likeness (QED) is 0.451. The van der Waals surface area contributed by atoms with Gasteiger partial charge in [-0.1, -0.05) is 40.2 Å². The second kappa shape index (κ2) is 7.10. The van der Waals surface area contributed by atoms with Crippen LogP contribution >= 0.6 is 15.9 Å². The van der Waals surface area contributed by atoms with Gasteiger partial charge in [-0.05, 0) is 41.5 Å². The van der Waals surface area contributed by atoms with Crippen molar-refractivity contribution in [2.24, 2.45) is 0 Å². The molecule has 0 unspecified atom stereocenters. The summed E-state index contributed by atoms with van der Waals surface area (Å²) in [6.07, 6.45) is 2.84. The van der Waals surface area contributed by atoms with Crippen LogP contribution in [0.25, 0.3) is 11.6 Å². The van der Waals surface area contributed by atoms with Crippen LogP contribution in [0, 0.1) is 0 Å². The zero-order valence-corrected chi connectivity index (χ0v) is 15.0. The summed E-state index contributed by atoms with van der Waals surface area (Å²) < 4.78 is 28.8. The molecule has 0 saturated carbocycles. The second-order valence-electron chi connectivity index (χ2n) is 4.90. The lowest BCUT2D eigenvalue weighted by molar-refractivity contribution is -0.133. The first-order valence-electron chi connectivity index (χ1n) is 6.67. The van der Waals surface area contributed by atoms with Crippen molar-refractivity contribution < 1.29 is 17.9 Å². The number of carbonyl (C=O) groups excluding carboxylic acids is 1. The van der Waals surface area contributed by atoms with E-state index >= 15 is 0 Å². The molecule has 0 N–H and O–H groups in total. The Morgan fingerprint density at radius 1 is 1.13 bits per heavy atom. The van der Waals surface area contributed by atoms with E-state index in [-0.39, 0.29) is 4.90 Å². The normalized spacial score (nSPS) is 12.0. The van der Waals surface area contributed by atoms with Crippen LogP contribution < -0.4 is 0 Å². The molecule has 0 spiro atoms. The fraction of sp³-hybridized carbons (Fsp3) is 0.118. The first kappa shape index (κ1) is 17.4. The maximum Gasteiger partial charge on any atom is 0.338 e. The number of halogens is 1. The lowest BCUT2D eigenvalue weighted by Gasteiger charge is -2.07. The van der Waals surface area contributed by atoms with Gasteiger partial charge in [0, 0.05) is 10.7 Å². The van der Waals surface area contributed by atoms with Gasteiger partial charge in [0.15, 0.2) is 9.84 Å². The molecule has 2 aromatic carbocycles. The van der Waals surface area contributed by atoms with Gasteiger partial charge in [0.2, 0.25) is 0 Å². The summed E-state index contributed by atoms with van der Waals surface area (Å²) in [7, 11) is -1.97. The van der Waals surface area contributed by atoms with Crippen molar-refractivity contribution in [3.05, 3.63) is 64.1 Å². The highest BCUT2D eigenvalue weighted by atomic mass is 79.9. The van der Waals surface area contributed by atoms with Crippen LogP contribution in [0.5, 0.6) is 0 Å². The average Bonchev–Trinajstić information content (AvgIpc) is 2.51. The first-order chi connectivity index (χ1) is 10.8. The molecule has 6 heteroatoms. The molecule has 0 heterocycles. The number of sulfone groups is 1. The second-order valence-corrected chi connectivity index (χ2v) is 7.83. The van der Waals surface area contributed by atoms with Gasteiger partial charge in [-0.15, -0.1) is 0 Å². The zero-order chi connectivity index (χ0) is 17.0. The summed E-state index contributed by atoms with van der Waals surface area (Å²) in [6, 6.07) is 13.6. The molecule has 0 fully saturated rings. The highest BCUT2D eigenvalue weighted by molar-refractivity contribution is 9.10. The Morgan fingerprint density at radius 2 is 1.78 bits per heavy atom. The Hall–Kier alpha value is -1.92. The zero-order valence-electron chi connectivity index (χ0n) is 12.6. The molecule has 120 valence electrons. The van der Waals surface area contributed by atoms with Gasteiger partial charge in [0.05, 0.1) is 17.6 Å². The molecule has 0 aromatic heterocycles. The van der Waals surface area contributed by atoms with Crippen molar-refractivity contribution in [3.8, 4) is 0 Å². The average molecular weight is 395 g/mol. The minimum atomic E-state index is -3.28. The van der Waals surface area contributed by atoms with Crippen LogP contribution in [-0.4, -0.2) is 27.8 Å². The number of esters is 1. The van der Waals surface area contributed by atoms with E-state index in [1.54, 1.807) is 18.2 Å². The summed E-state index contributed by atoms with van der Waals surface area (Å²) in [6.45, 7) is 0. The number of hydrogen-bond acceptors (Lipinski definition) is 4. The summed E-state index contributed by atoms with van der Waals surface area (Å²) >= 11 is 3.38. The van der Waals surface area contributed by atoms with E-state index in [0.29, 0.717) is 11.1 Å². The SMILES string of the molecule is COC(=O)/C(=C/c1cccc(Br)c1)c1ccc(S(C)(=O)=O)cc1. The van der Waals surface area contributed by atoms with Gasteiger partial charge in [0.1, 0.15) is 0 Å². The molecule has 0 aliphatic rings. The molecule has 23 heavy (non-hydrogen) atoms. The summed E-state index contributed by atoms with van der Waals surface area (Å²) in [5, 5.41) is 0. The predicted octanol–water partition coefficient (Wildman–Crippen LogP) is 3.57. The number of ether oxygens (including phenoxy) is 1. The van der Waals surface area contributed by atoms with Crippen molar-refractivity contribution in [1.29, 1.82) is 0 Å². The van der Waals surface area contributed by atoms with Crippen molar-refractivity contribution in [2.75, 3.05) is 13.4 Å². The van der Waals surface area contributed by atoms with E-state index < -0.39 is 15.8 Å². The molecular weight excluding hydrogens is 380 g/mol. The molecular formula is C17H15BrO4S. The Labute approximate surface area is 143 Å². The summed E-state index contributed by atoms with van der Waals surface area (Å²) in [5.74, 6) is -0.489. The molecule has 2 aromatic rings. The van der Waals surface area contributed by atoms with E-state index in [9.17, 15) is 13.2 Å². The molecule has 0 radical (unpaired) electrons. The van der Waals surface area contributed by atoms with Gasteiger partial charge < -0.3 is 4.74 Å². The third kappa shape index (κ3) is 4.53. The van der Waals surface area contributed by atoms with Crippen molar-refractivity contribution in [1.82, 2.24) is 0 Å². The van der Waals surface area contributed by atoms with Gasteiger partial charge >= 0.3 is 5.97 Å². The molecule has 0 amide bonds. The van der Waals surface area contributed by atoms with E-state index in [0.717, 1.165) is 16.3 Å². The Morgan fingerprint density at radius 3 is 2.30 bits per heavy atom. The lowest BCUT2D eigenvalue weighted by Crippen LogP contribution is -2.04. The molecule has 0 saturated heterocycles. The summed E-state index contributed by atoms with van der Waals surface area (Å²) in [4.78, 5) is 12.3. The van der Waals surface area contributed by atoms with Gasteiger partial charge in [0.25, 0.3) is 0 Å². The maximum absolute atomic E-state index is 12.1. The predicted molar refractivity (Wildman–Crippen MR) is 93.6 cm³/mol. The highest BCUT2D eigenvalue weighted by Gasteiger charge is 2.14. The number of hydrogen-bond donors (Lipinski definition) is 0. The number of benzene rings is 2. The Bertz CT molecular complexity index is 852. The minimum absolute atomic E-state index is 0.202. The van der Waals surface area contributed by atoms with E-state index in [2.05, 4.69) is 15.9 Å². The largest absolute Gasteiger partial charge is 0.465 e. The monoisotopic (exact) mass is 394 g/mol. The molecule has 2 rings (SSSR count). The van der Waals surface area contributed by atoms with E-state index in [4.69, 9.17) is 4.74 Å². The molecule has 0 aliphatic carbocycles. The van der Waals surface area contributed by atoms with Crippen LogP contribution in [-0.2, 0) is 19.4 Å². The number of methoxy groups -OCH3 is 1. The van der Waals surface area contributed by atoms with Crippen molar-refractivity contribution in [3.63, 3.8) is 0 Å². The number of rotatable bonds is 4. The topological polar surface area (TPSA) is 60.4 Å². The van der Waals surface area contributed by atoms with Gasteiger partial charge in [-0.25, -0.2) is 13.2 Å². The third-order valence-corrected chi connectivity index (χ3v) is 4.78. The first-order valence-corrected chi connectivity index (χ1v) is 9.36. The lowest BCUT2D eigenvalue weighted by atomic mass is 10.0. The fourth-order valence-electron chi connectivity index (χ4n) is 2.01. The van der Waals surface area contributed by atoms with E-state index in [1.807, 2.05) is 24.3 Å². The Balaban J connectivity index is 2.49. The van der Waals surface area contributed by atoms with Crippen LogP contribution in [0.2, 0.25) is 0 Å². The Kier molecular flexibility index (Phi) is 5.38. The standard InChI is InChI=1S/C17H15BrO4S/c1-22-17(19)16(11-12-4-3-5-14(18)10-12)13-6-8-15(9-7-13)23(2,20)21/h3-11H,1-2H3/b16-11+. The fourth-order valence-corrected chi connectivity index (χ4v) is 3.06. The van der Waals surface area contributed by atoms with Crippen LogP contribution in [0.1, 0.15) is 11.1 Å². The smallest absolute Gasteiger partial charge is 0.338 e. The highest BCUT2D eigenvalue weighted by Crippen LogP contribution is 2.23. The van der Waals surface area contributed by atoms with Crippen molar-refractivity contribution in [2.45, 2.75) is 4.90 Å². The molecule has 0 aliphatic heterocycles. The van der Waals surface area contributed by atoms with Crippen LogP contribution in [0.4, 0.5) is 0 Å². The molecule has 0 atom stereocenters. The van der Waals surface area contributed by atoms with Crippen LogP contribution in [0.15, 0.2) is 57.9 Å². The summed E-state index contributed by atoms with van der Waals surface area (Å²) in [5.41, 5.74) is 1.77. The molecule has 0 bridgehead atoms. The third-order valence-electron chi connectivity index (χ3n) is 3.16. The van der Waals surface area contributed by atoms with Crippen molar-refractivity contribution >= 4 is 43.4 Å². The van der Waals surface area contributed by atoms with Gasteiger partial charge in [-0.2, -0.15) is 0 Å². The van der Waals surface area contributed by atoms with Crippen LogP contribution in [0.3, 0.4) is 0 Å². The molecule has 4 nitrogen and oxygen atoms in total. The van der Waals surface area contributed by atoms with Gasteiger partial charge in [-0.3, -0.25) is 0 Å².